The van der Waals surface area contributed by atoms with Crippen LogP contribution in [0.25, 0.3) is 0 Å². The van der Waals surface area contributed by atoms with E-state index >= 15 is 0 Å². The Labute approximate surface area is 126 Å². The van der Waals surface area contributed by atoms with Crippen LogP contribution in [0.4, 0.5) is 0 Å². The zero-order chi connectivity index (χ0) is 15.2. The summed E-state index contributed by atoms with van der Waals surface area (Å²) in [7, 11) is 1.69. The molecule has 6 heteroatoms. The van der Waals surface area contributed by atoms with Crippen LogP contribution in [0.15, 0.2) is 34.4 Å². The second-order valence-corrected chi connectivity index (χ2v) is 5.33. The first-order chi connectivity index (χ1) is 10.1. The third-order valence-electron chi connectivity index (χ3n) is 2.73. The first kappa shape index (κ1) is 15.0. The van der Waals surface area contributed by atoms with E-state index in [0.717, 1.165) is 10.4 Å². The molecule has 0 saturated heterocycles. The number of rotatable bonds is 3. The van der Waals surface area contributed by atoms with Gasteiger partial charge in [-0.15, -0.1) is 11.3 Å². The van der Waals surface area contributed by atoms with Gasteiger partial charge in [-0.25, -0.2) is 0 Å². The van der Waals surface area contributed by atoms with Gasteiger partial charge in [0.2, 0.25) is 5.56 Å². The van der Waals surface area contributed by atoms with E-state index in [1.165, 1.54) is 17.4 Å². The zero-order valence-corrected chi connectivity index (χ0v) is 12.4. The summed E-state index contributed by atoms with van der Waals surface area (Å²) < 4.78 is 0. The summed E-state index contributed by atoms with van der Waals surface area (Å²) >= 11 is 1.52. The predicted octanol–water partition coefficient (Wildman–Crippen LogP) is 1.02. The molecule has 2 rings (SSSR count). The van der Waals surface area contributed by atoms with Crippen molar-refractivity contribution < 1.29 is 4.79 Å². The minimum absolute atomic E-state index is 0.228. The molecular formula is C15H15N3O2S. The average Bonchev–Trinajstić information content (AvgIpc) is 2.91. The van der Waals surface area contributed by atoms with E-state index in [1.54, 1.807) is 24.1 Å². The van der Waals surface area contributed by atoms with Crippen LogP contribution >= 0.6 is 11.3 Å². The molecule has 0 aliphatic carbocycles. The molecule has 0 fully saturated rings. The molecule has 0 aliphatic heterocycles. The third-order valence-corrected chi connectivity index (χ3v) is 3.63. The van der Waals surface area contributed by atoms with Gasteiger partial charge in [-0.3, -0.25) is 9.59 Å². The van der Waals surface area contributed by atoms with Crippen molar-refractivity contribution in [1.29, 1.82) is 0 Å². The number of nitrogens with one attached hydrogen (secondary N) is 1. The number of aromatic amines is 1. The SMILES string of the molecule is CN(Cc1csc(C#CCN)c1)C(=O)c1cccc(=O)[nH]1. The van der Waals surface area contributed by atoms with E-state index < -0.39 is 0 Å². The van der Waals surface area contributed by atoms with E-state index in [4.69, 9.17) is 5.73 Å². The standard InChI is InChI=1S/C15H15N3O2S/c1-18(15(20)13-5-2-6-14(19)17-13)9-11-8-12(21-10-11)4-3-7-16/h2,5-6,8,10H,7,9,16H2,1H3,(H,17,19). The molecule has 2 heterocycles. The van der Waals surface area contributed by atoms with E-state index in [2.05, 4.69) is 16.8 Å². The molecule has 0 radical (unpaired) electrons. The molecule has 0 spiro atoms. The lowest BCUT2D eigenvalue weighted by Crippen LogP contribution is -2.28. The van der Waals surface area contributed by atoms with Crippen molar-refractivity contribution in [1.82, 2.24) is 9.88 Å². The van der Waals surface area contributed by atoms with E-state index in [1.807, 2.05) is 11.4 Å². The Morgan fingerprint density at radius 3 is 3.00 bits per heavy atom. The monoisotopic (exact) mass is 301 g/mol. The number of carbonyl (C=O) groups excluding carboxylic acids is 1. The van der Waals surface area contributed by atoms with Crippen LogP contribution in [-0.4, -0.2) is 29.4 Å². The predicted molar refractivity (Wildman–Crippen MR) is 83.1 cm³/mol. The lowest BCUT2D eigenvalue weighted by atomic mass is 10.2. The number of nitrogens with two attached hydrogens (primary N) is 1. The maximum Gasteiger partial charge on any atom is 0.270 e. The summed E-state index contributed by atoms with van der Waals surface area (Å²) in [5.41, 5.74) is 6.32. The number of thiophene rings is 1. The summed E-state index contributed by atoms with van der Waals surface area (Å²) in [5, 5.41) is 1.96. The van der Waals surface area contributed by atoms with Gasteiger partial charge >= 0.3 is 0 Å². The fraction of sp³-hybridized carbons (Fsp3) is 0.200. The number of aromatic nitrogens is 1. The van der Waals surface area contributed by atoms with Gasteiger partial charge in [-0.2, -0.15) is 0 Å². The molecule has 108 valence electrons. The number of amides is 1. The Balaban J connectivity index is 2.07. The van der Waals surface area contributed by atoms with Gasteiger partial charge in [0, 0.05) is 19.7 Å². The first-order valence-corrected chi connectivity index (χ1v) is 7.19. The van der Waals surface area contributed by atoms with Crippen molar-refractivity contribution in [2.75, 3.05) is 13.6 Å². The summed E-state index contributed by atoms with van der Waals surface area (Å²) in [6, 6.07) is 6.46. The molecule has 0 atom stereocenters. The molecule has 0 saturated carbocycles. The highest BCUT2D eigenvalue weighted by Crippen LogP contribution is 2.15. The number of nitrogens with zero attached hydrogens (tertiary/aromatic N) is 1. The van der Waals surface area contributed by atoms with Gasteiger partial charge in [0.05, 0.1) is 11.4 Å². The minimum Gasteiger partial charge on any atom is -0.336 e. The smallest absolute Gasteiger partial charge is 0.270 e. The second-order valence-electron chi connectivity index (χ2n) is 4.42. The van der Waals surface area contributed by atoms with Gasteiger partial charge in [0.25, 0.3) is 5.91 Å². The van der Waals surface area contributed by atoms with Crippen LogP contribution in [0.3, 0.4) is 0 Å². The normalized spacial score (nSPS) is 9.81. The van der Waals surface area contributed by atoms with Crippen molar-refractivity contribution in [3.8, 4) is 11.8 Å². The molecule has 2 aromatic rings. The third kappa shape index (κ3) is 4.05. The summed E-state index contributed by atoms with van der Waals surface area (Å²) in [4.78, 5) is 28.4. The molecule has 0 aromatic carbocycles. The lowest BCUT2D eigenvalue weighted by molar-refractivity contribution is 0.0779. The van der Waals surface area contributed by atoms with Crippen LogP contribution in [0.2, 0.25) is 0 Å². The van der Waals surface area contributed by atoms with Gasteiger partial charge in [0.1, 0.15) is 5.69 Å². The Kier molecular flexibility index (Phi) is 4.93. The topological polar surface area (TPSA) is 79.2 Å². The van der Waals surface area contributed by atoms with Crippen LogP contribution < -0.4 is 11.3 Å². The van der Waals surface area contributed by atoms with Gasteiger partial charge in [-0.05, 0) is 23.1 Å². The van der Waals surface area contributed by atoms with Crippen molar-refractivity contribution in [2.45, 2.75) is 6.54 Å². The highest BCUT2D eigenvalue weighted by molar-refractivity contribution is 7.10. The molecule has 21 heavy (non-hydrogen) atoms. The van der Waals surface area contributed by atoms with Crippen LogP contribution in [0.5, 0.6) is 0 Å². The van der Waals surface area contributed by atoms with Gasteiger partial charge in [-0.1, -0.05) is 17.9 Å². The van der Waals surface area contributed by atoms with Gasteiger partial charge < -0.3 is 15.6 Å². The van der Waals surface area contributed by atoms with Crippen LogP contribution in [-0.2, 0) is 6.54 Å². The maximum atomic E-state index is 12.2. The van der Waals surface area contributed by atoms with Crippen molar-refractivity contribution in [2.24, 2.45) is 5.73 Å². The quantitative estimate of drug-likeness (QED) is 0.831. The Morgan fingerprint density at radius 2 is 2.29 bits per heavy atom. The summed E-state index contributed by atoms with van der Waals surface area (Å²) in [6.07, 6.45) is 0. The molecule has 0 aliphatic rings. The minimum atomic E-state index is -0.288. The number of hydrogen-bond acceptors (Lipinski definition) is 4. The van der Waals surface area contributed by atoms with E-state index in [9.17, 15) is 9.59 Å². The molecular weight excluding hydrogens is 286 g/mol. The summed E-state index contributed by atoms with van der Waals surface area (Å²) in [5.74, 6) is 5.52. The van der Waals surface area contributed by atoms with E-state index in [0.29, 0.717) is 13.1 Å². The molecule has 3 N–H and O–H groups in total. The zero-order valence-electron chi connectivity index (χ0n) is 11.6. The molecule has 2 aromatic heterocycles. The summed E-state index contributed by atoms with van der Waals surface area (Å²) in [6.45, 7) is 0.781. The van der Waals surface area contributed by atoms with Gasteiger partial charge in [0.15, 0.2) is 0 Å². The largest absolute Gasteiger partial charge is 0.336 e. The Hall–Kier alpha value is -2.36. The fourth-order valence-corrected chi connectivity index (χ4v) is 2.56. The molecule has 1 amide bonds. The lowest BCUT2D eigenvalue weighted by Gasteiger charge is -2.15. The number of pyridine rings is 1. The van der Waals surface area contributed by atoms with Crippen molar-refractivity contribution in [3.63, 3.8) is 0 Å². The molecule has 5 nitrogen and oxygen atoms in total. The first-order valence-electron chi connectivity index (χ1n) is 6.31. The molecule has 0 unspecified atom stereocenters. The Morgan fingerprint density at radius 1 is 1.48 bits per heavy atom. The number of H-pyrrole nitrogens is 1. The number of hydrogen-bond donors (Lipinski definition) is 2. The average molecular weight is 301 g/mol. The fourth-order valence-electron chi connectivity index (χ4n) is 1.79. The second kappa shape index (κ2) is 6.88. The highest BCUT2D eigenvalue weighted by atomic mass is 32.1. The number of carbonyl (C=O) groups is 1. The van der Waals surface area contributed by atoms with Crippen molar-refractivity contribution >= 4 is 17.2 Å². The van der Waals surface area contributed by atoms with Crippen LogP contribution in [0.1, 0.15) is 20.9 Å². The molecule has 0 bridgehead atoms. The maximum absolute atomic E-state index is 12.2. The Bertz CT molecular complexity index is 752. The highest BCUT2D eigenvalue weighted by Gasteiger charge is 2.13. The van der Waals surface area contributed by atoms with Crippen molar-refractivity contribution in [3.05, 3.63) is 56.1 Å². The van der Waals surface area contributed by atoms with E-state index in [-0.39, 0.29) is 17.2 Å². The van der Waals surface area contributed by atoms with Crippen LogP contribution in [0, 0.1) is 11.8 Å².